The van der Waals surface area contributed by atoms with Crippen molar-refractivity contribution in [3.8, 4) is 0 Å². The van der Waals surface area contributed by atoms with E-state index in [0.717, 1.165) is 15.6 Å². The molecule has 1 amide bonds. The van der Waals surface area contributed by atoms with Crippen LogP contribution in [0.15, 0.2) is 47.5 Å². The van der Waals surface area contributed by atoms with Gasteiger partial charge in [0.05, 0.1) is 11.3 Å². The van der Waals surface area contributed by atoms with Crippen molar-refractivity contribution in [3.05, 3.63) is 53.9 Å². The predicted octanol–water partition coefficient (Wildman–Crippen LogP) is 1.82. The fourth-order valence-electron chi connectivity index (χ4n) is 2.00. The summed E-state index contributed by atoms with van der Waals surface area (Å²) in [6.07, 6.45) is 1.80. The van der Waals surface area contributed by atoms with E-state index in [9.17, 15) is 13.2 Å². The number of carbonyl (C=O) groups excluding carboxylic acids is 1. The molecule has 0 spiro atoms. The van der Waals surface area contributed by atoms with Crippen molar-refractivity contribution in [1.82, 2.24) is 9.29 Å². The van der Waals surface area contributed by atoms with Gasteiger partial charge in [0.1, 0.15) is 0 Å². The molecule has 1 aromatic heterocycles. The molecule has 0 fully saturated rings. The average molecular weight is 333 g/mol. The van der Waals surface area contributed by atoms with Gasteiger partial charge < -0.3 is 5.32 Å². The molecular weight excluding hydrogens is 314 g/mol. The molecule has 1 N–H and O–H groups in total. The van der Waals surface area contributed by atoms with E-state index in [1.807, 2.05) is 6.92 Å². The molecule has 0 aliphatic heterocycles. The number of amides is 1. The first-order valence-corrected chi connectivity index (χ1v) is 8.47. The van der Waals surface area contributed by atoms with Crippen molar-refractivity contribution in [2.45, 2.75) is 18.2 Å². The molecule has 0 saturated heterocycles. The van der Waals surface area contributed by atoms with Crippen LogP contribution in [0, 0.1) is 6.92 Å². The van der Waals surface area contributed by atoms with E-state index in [1.165, 1.54) is 26.2 Å². The Balaban J connectivity index is 2.05. The van der Waals surface area contributed by atoms with Crippen LogP contribution in [0.2, 0.25) is 0 Å². The number of anilines is 1. The number of rotatable bonds is 5. The highest BCUT2D eigenvalue weighted by molar-refractivity contribution is 7.89. The molecule has 23 heavy (non-hydrogen) atoms. The van der Waals surface area contributed by atoms with E-state index >= 15 is 0 Å². The molecule has 7 heteroatoms. The Morgan fingerprint density at radius 3 is 2.39 bits per heavy atom. The van der Waals surface area contributed by atoms with Crippen LogP contribution in [0.4, 0.5) is 5.69 Å². The molecule has 0 aliphatic carbocycles. The van der Waals surface area contributed by atoms with Gasteiger partial charge in [0, 0.05) is 31.7 Å². The third kappa shape index (κ3) is 4.37. The summed E-state index contributed by atoms with van der Waals surface area (Å²) < 4.78 is 25.1. The SMILES string of the molecule is Cc1cc(NC(=O)Cc2ccc(S(=O)(=O)N(C)C)cc2)ccn1. The summed E-state index contributed by atoms with van der Waals surface area (Å²) >= 11 is 0. The first kappa shape index (κ1) is 17.1. The highest BCUT2D eigenvalue weighted by atomic mass is 32.2. The summed E-state index contributed by atoms with van der Waals surface area (Å²) in [7, 11) is -0.490. The Morgan fingerprint density at radius 2 is 1.83 bits per heavy atom. The van der Waals surface area contributed by atoms with Gasteiger partial charge in [-0.3, -0.25) is 9.78 Å². The minimum Gasteiger partial charge on any atom is -0.326 e. The van der Waals surface area contributed by atoms with Gasteiger partial charge in [-0.05, 0) is 36.8 Å². The summed E-state index contributed by atoms with van der Waals surface area (Å²) in [4.78, 5) is 16.3. The quantitative estimate of drug-likeness (QED) is 0.905. The fourth-order valence-corrected chi connectivity index (χ4v) is 2.91. The van der Waals surface area contributed by atoms with Gasteiger partial charge in [0.2, 0.25) is 15.9 Å². The molecule has 2 rings (SSSR count). The van der Waals surface area contributed by atoms with Gasteiger partial charge in [-0.15, -0.1) is 0 Å². The van der Waals surface area contributed by atoms with Crippen molar-refractivity contribution >= 4 is 21.6 Å². The number of aromatic nitrogens is 1. The number of benzene rings is 1. The van der Waals surface area contributed by atoms with Crippen LogP contribution in [-0.2, 0) is 21.2 Å². The standard InChI is InChI=1S/C16H19N3O3S/c1-12-10-14(8-9-17-12)18-16(20)11-13-4-6-15(7-5-13)23(21,22)19(2)3/h4-10H,11H2,1-3H3,(H,17,18,20). The lowest BCUT2D eigenvalue weighted by atomic mass is 10.1. The average Bonchev–Trinajstić information content (AvgIpc) is 2.47. The summed E-state index contributed by atoms with van der Waals surface area (Å²) in [6, 6.07) is 9.81. The second kappa shape index (κ2) is 6.89. The number of hydrogen-bond acceptors (Lipinski definition) is 4. The monoisotopic (exact) mass is 333 g/mol. The summed E-state index contributed by atoms with van der Waals surface area (Å²) in [5.41, 5.74) is 2.25. The highest BCUT2D eigenvalue weighted by Gasteiger charge is 2.16. The number of carbonyl (C=O) groups is 1. The number of nitrogens with zero attached hydrogens (tertiary/aromatic N) is 2. The van der Waals surface area contributed by atoms with E-state index in [2.05, 4.69) is 10.3 Å². The van der Waals surface area contributed by atoms with Crippen LogP contribution >= 0.6 is 0 Å². The van der Waals surface area contributed by atoms with Crippen LogP contribution in [0.1, 0.15) is 11.3 Å². The van der Waals surface area contributed by atoms with Crippen molar-refractivity contribution < 1.29 is 13.2 Å². The zero-order valence-corrected chi connectivity index (χ0v) is 14.1. The van der Waals surface area contributed by atoms with E-state index < -0.39 is 10.0 Å². The number of sulfonamides is 1. The summed E-state index contributed by atoms with van der Waals surface area (Å²) in [6.45, 7) is 1.85. The van der Waals surface area contributed by atoms with Gasteiger partial charge in [0.15, 0.2) is 0 Å². The number of hydrogen-bond donors (Lipinski definition) is 1. The molecule has 0 unspecified atom stereocenters. The molecular formula is C16H19N3O3S. The Hall–Kier alpha value is -2.25. The lowest BCUT2D eigenvalue weighted by Gasteiger charge is -2.11. The van der Waals surface area contributed by atoms with Crippen LogP contribution < -0.4 is 5.32 Å². The van der Waals surface area contributed by atoms with E-state index in [4.69, 9.17) is 0 Å². The second-order valence-corrected chi connectivity index (χ2v) is 7.49. The van der Waals surface area contributed by atoms with Gasteiger partial charge in [-0.1, -0.05) is 12.1 Å². The first-order chi connectivity index (χ1) is 10.8. The van der Waals surface area contributed by atoms with Crippen molar-refractivity contribution in [3.63, 3.8) is 0 Å². The molecule has 0 radical (unpaired) electrons. The highest BCUT2D eigenvalue weighted by Crippen LogP contribution is 2.15. The minimum atomic E-state index is -3.45. The maximum Gasteiger partial charge on any atom is 0.242 e. The second-order valence-electron chi connectivity index (χ2n) is 5.34. The number of pyridine rings is 1. The molecule has 122 valence electrons. The summed E-state index contributed by atoms with van der Waals surface area (Å²) in [5.74, 6) is -0.168. The number of aryl methyl sites for hydroxylation is 1. The maximum atomic E-state index is 12.0. The molecule has 6 nitrogen and oxygen atoms in total. The van der Waals surface area contributed by atoms with Gasteiger partial charge in [-0.2, -0.15) is 0 Å². The van der Waals surface area contributed by atoms with Crippen LogP contribution in [0.5, 0.6) is 0 Å². The Kier molecular flexibility index (Phi) is 5.12. The fraction of sp³-hybridized carbons (Fsp3) is 0.250. The predicted molar refractivity (Wildman–Crippen MR) is 88.6 cm³/mol. The molecule has 1 aromatic carbocycles. The van der Waals surface area contributed by atoms with E-state index in [-0.39, 0.29) is 17.2 Å². The maximum absolute atomic E-state index is 12.0. The third-order valence-corrected chi connectivity index (χ3v) is 5.08. The first-order valence-electron chi connectivity index (χ1n) is 7.03. The van der Waals surface area contributed by atoms with E-state index in [0.29, 0.717) is 5.69 Å². The minimum absolute atomic E-state index is 0.168. The van der Waals surface area contributed by atoms with Crippen molar-refractivity contribution in [2.75, 3.05) is 19.4 Å². The molecule has 1 heterocycles. The van der Waals surface area contributed by atoms with Crippen LogP contribution in [-0.4, -0.2) is 37.7 Å². The lowest BCUT2D eigenvalue weighted by Crippen LogP contribution is -2.22. The molecule has 0 saturated carbocycles. The molecule has 0 bridgehead atoms. The normalized spacial score (nSPS) is 11.5. The lowest BCUT2D eigenvalue weighted by molar-refractivity contribution is -0.115. The smallest absolute Gasteiger partial charge is 0.242 e. The zero-order chi connectivity index (χ0) is 17.0. The topological polar surface area (TPSA) is 79.4 Å². The van der Waals surface area contributed by atoms with Crippen LogP contribution in [0.25, 0.3) is 0 Å². The van der Waals surface area contributed by atoms with Gasteiger partial charge in [0.25, 0.3) is 0 Å². The zero-order valence-electron chi connectivity index (χ0n) is 13.3. The summed E-state index contributed by atoms with van der Waals surface area (Å²) in [5, 5.41) is 2.79. The van der Waals surface area contributed by atoms with E-state index in [1.54, 1.807) is 30.5 Å². The largest absolute Gasteiger partial charge is 0.326 e. The van der Waals surface area contributed by atoms with Crippen LogP contribution in [0.3, 0.4) is 0 Å². The van der Waals surface area contributed by atoms with Crippen molar-refractivity contribution in [1.29, 1.82) is 0 Å². The molecule has 0 atom stereocenters. The molecule has 0 aliphatic rings. The Morgan fingerprint density at radius 1 is 1.17 bits per heavy atom. The Labute approximate surface area is 136 Å². The molecule has 2 aromatic rings. The number of nitrogens with one attached hydrogen (secondary N) is 1. The van der Waals surface area contributed by atoms with Gasteiger partial charge in [-0.25, -0.2) is 12.7 Å². The Bertz CT molecular complexity index is 800. The third-order valence-electron chi connectivity index (χ3n) is 3.25. The van der Waals surface area contributed by atoms with Crippen molar-refractivity contribution in [2.24, 2.45) is 0 Å². The van der Waals surface area contributed by atoms with Gasteiger partial charge >= 0.3 is 0 Å².